The Morgan fingerprint density at radius 1 is 1.47 bits per heavy atom. The molecule has 0 aliphatic heterocycles. The Morgan fingerprint density at radius 3 is 2.63 bits per heavy atom. The topological polar surface area (TPSA) is 90.9 Å². The fourth-order valence-electron chi connectivity index (χ4n) is 1.49. The molecule has 1 aromatic rings. The third-order valence-electron chi connectivity index (χ3n) is 2.36. The van der Waals surface area contributed by atoms with Crippen LogP contribution in [0.5, 0.6) is 0 Å². The van der Waals surface area contributed by atoms with Gasteiger partial charge in [0, 0.05) is 17.3 Å². The van der Waals surface area contributed by atoms with Crippen molar-refractivity contribution in [1.29, 1.82) is 0 Å². The lowest BCUT2D eigenvalue weighted by atomic mass is 10.3. The fourth-order valence-corrected chi connectivity index (χ4v) is 1.61. The summed E-state index contributed by atoms with van der Waals surface area (Å²) in [6.07, 6.45) is 0.771. The second-order valence-corrected chi connectivity index (χ2v) is 4.39. The lowest BCUT2D eigenvalue weighted by Crippen LogP contribution is -2.41. The number of rotatable bonds is 5. The fraction of sp³-hybridized carbons (Fsp3) is 0.333. The van der Waals surface area contributed by atoms with E-state index in [1.54, 1.807) is 24.3 Å². The first-order valence-electron chi connectivity index (χ1n) is 5.84. The molecule has 1 aromatic carbocycles. The summed E-state index contributed by atoms with van der Waals surface area (Å²) in [4.78, 5) is 13.5. The molecule has 104 valence electrons. The zero-order valence-electron chi connectivity index (χ0n) is 10.6. The van der Waals surface area contributed by atoms with Crippen molar-refractivity contribution < 1.29 is 10.0 Å². The van der Waals surface area contributed by atoms with Gasteiger partial charge in [-0.25, -0.2) is 4.79 Å². The molecule has 4 N–H and O–H groups in total. The maximum absolute atomic E-state index is 12.0. The molecule has 0 unspecified atom stereocenters. The minimum absolute atomic E-state index is 0.0142. The van der Waals surface area contributed by atoms with Gasteiger partial charge in [0.2, 0.25) is 0 Å². The van der Waals surface area contributed by atoms with Gasteiger partial charge >= 0.3 is 6.03 Å². The number of nitrogens with one attached hydrogen (secondary N) is 1. The number of halogens is 1. The largest absolute Gasteiger partial charge is 0.409 e. The SMILES string of the molecule is CCCN(CC(N)=NO)C(=O)Nc1ccc(Cl)cc1. The van der Waals surface area contributed by atoms with Gasteiger partial charge in [-0.05, 0) is 30.7 Å². The molecule has 0 aliphatic rings. The lowest BCUT2D eigenvalue weighted by molar-refractivity contribution is 0.218. The molecular formula is C12H17ClN4O2. The Bertz CT molecular complexity index is 448. The molecule has 1 rings (SSSR count). The van der Waals surface area contributed by atoms with E-state index in [4.69, 9.17) is 22.5 Å². The average Bonchev–Trinajstić information content (AvgIpc) is 2.40. The molecule has 0 atom stereocenters. The van der Waals surface area contributed by atoms with E-state index >= 15 is 0 Å². The number of nitrogens with zero attached hydrogens (tertiary/aromatic N) is 2. The van der Waals surface area contributed by atoms with Crippen LogP contribution in [0.2, 0.25) is 5.02 Å². The van der Waals surface area contributed by atoms with E-state index in [-0.39, 0.29) is 18.4 Å². The molecule has 0 aliphatic carbocycles. The summed E-state index contributed by atoms with van der Waals surface area (Å²) in [5, 5.41) is 14.7. The first kappa shape index (κ1) is 15.1. The Balaban J connectivity index is 2.68. The Kier molecular flexibility index (Phi) is 5.95. The number of amides is 2. The van der Waals surface area contributed by atoms with Crippen molar-refractivity contribution >= 4 is 29.2 Å². The van der Waals surface area contributed by atoms with Gasteiger partial charge in [-0.2, -0.15) is 0 Å². The Labute approximate surface area is 116 Å². The molecule has 7 heteroatoms. The van der Waals surface area contributed by atoms with Crippen LogP contribution in [0.25, 0.3) is 0 Å². The molecule has 0 spiro atoms. The maximum atomic E-state index is 12.0. The van der Waals surface area contributed by atoms with E-state index < -0.39 is 0 Å². The van der Waals surface area contributed by atoms with Crippen LogP contribution in [0.15, 0.2) is 29.4 Å². The second kappa shape index (κ2) is 7.48. The molecule has 2 amide bonds. The number of nitrogens with two attached hydrogens (primary N) is 1. The Hall–Kier alpha value is -1.95. The average molecular weight is 285 g/mol. The van der Waals surface area contributed by atoms with Gasteiger partial charge in [0.15, 0.2) is 5.84 Å². The number of amidine groups is 1. The number of hydrogen-bond acceptors (Lipinski definition) is 3. The van der Waals surface area contributed by atoms with E-state index in [0.29, 0.717) is 17.3 Å². The number of carbonyl (C=O) groups excluding carboxylic acids is 1. The summed E-state index contributed by atoms with van der Waals surface area (Å²) in [7, 11) is 0. The van der Waals surface area contributed by atoms with Crippen molar-refractivity contribution in [3.05, 3.63) is 29.3 Å². The van der Waals surface area contributed by atoms with Gasteiger partial charge in [-0.15, -0.1) is 0 Å². The number of benzene rings is 1. The quantitative estimate of drug-likeness (QED) is 0.335. The van der Waals surface area contributed by atoms with E-state index in [9.17, 15) is 4.79 Å². The third kappa shape index (κ3) is 5.05. The number of hydrogen-bond donors (Lipinski definition) is 3. The molecule has 0 aromatic heterocycles. The summed E-state index contributed by atoms with van der Waals surface area (Å²) in [6, 6.07) is 6.47. The molecule has 6 nitrogen and oxygen atoms in total. The lowest BCUT2D eigenvalue weighted by Gasteiger charge is -2.21. The van der Waals surface area contributed by atoms with Crippen LogP contribution in [0.3, 0.4) is 0 Å². The number of oxime groups is 1. The molecule has 0 fully saturated rings. The van der Waals surface area contributed by atoms with Gasteiger partial charge in [0.25, 0.3) is 0 Å². The van der Waals surface area contributed by atoms with Gasteiger partial charge in [0.1, 0.15) is 0 Å². The van der Waals surface area contributed by atoms with Crippen LogP contribution >= 0.6 is 11.6 Å². The van der Waals surface area contributed by atoms with Gasteiger partial charge < -0.3 is 21.2 Å². The zero-order valence-corrected chi connectivity index (χ0v) is 11.4. The van der Waals surface area contributed by atoms with Gasteiger partial charge in [0.05, 0.1) is 6.54 Å². The molecular weight excluding hydrogens is 268 g/mol. The van der Waals surface area contributed by atoms with E-state index in [1.807, 2.05) is 6.92 Å². The van der Waals surface area contributed by atoms with Crippen LogP contribution in [-0.4, -0.2) is 35.1 Å². The predicted molar refractivity (Wildman–Crippen MR) is 75.7 cm³/mol. The van der Waals surface area contributed by atoms with Gasteiger partial charge in [-0.3, -0.25) is 0 Å². The van der Waals surface area contributed by atoms with Crippen LogP contribution < -0.4 is 11.1 Å². The normalized spacial score (nSPS) is 11.2. The summed E-state index contributed by atoms with van der Waals surface area (Å²) in [5.74, 6) is -0.0142. The van der Waals surface area contributed by atoms with E-state index in [2.05, 4.69) is 10.5 Å². The first-order chi connectivity index (χ1) is 9.06. The summed E-state index contributed by atoms with van der Waals surface area (Å²) in [5.41, 5.74) is 6.05. The van der Waals surface area contributed by atoms with Crippen LogP contribution in [0.4, 0.5) is 10.5 Å². The van der Waals surface area contributed by atoms with E-state index in [1.165, 1.54) is 4.90 Å². The summed E-state index contributed by atoms with van der Waals surface area (Å²) >= 11 is 5.76. The molecule has 0 saturated carbocycles. The maximum Gasteiger partial charge on any atom is 0.322 e. The molecule has 0 saturated heterocycles. The van der Waals surface area contributed by atoms with Crippen molar-refractivity contribution in [3.63, 3.8) is 0 Å². The summed E-state index contributed by atoms with van der Waals surface area (Å²) < 4.78 is 0. The summed E-state index contributed by atoms with van der Waals surface area (Å²) in [6.45, 7) is 2.52. The molecule has 0 bridgehead atoms. The highest BCUT2D eigenvalue weighted by atomic mass is 35.5. The first-order valence-corrected chi connectivity index (χ1v) is 6.22. The highest BCUT2D eigenvalue weighted by molar-refractivity contribution is 6.30. The smallest absolute Gasteiger partial charge is 0.322 e. The molecule has 19 heavy (non-hydrogen) atoms. The highest BCUT2D eigenvalue weighted by Gasteiger charge is 2.14. The minimum Gasteiger partial charge on any atom is -0.409 e. The van der Waals surface area contributed by atoms with Gasteiger partial charge in [-0.1, -0.05) is 23.7 Å². The monoisotopic (exact) mass is 284 g/mol. The number of urea groups is 1. The predicted octanol–water partition coefficient (Wildman–Crippen LogP) is 2.33. The number of anilines is 1. The van der Waals surface area contributed by atoms with Crippen LogP contribution in [-0.2, 0) is 0 Å². The van der Waals surface area contributed by atoms with Crippen molar-refractivity contribution in [2.45, 2.75) is 13.3 Å². The van der Waals surface area contributed by atoms with Crippen molar-refractivity contribution in [2.75, 3.05) is 18.4 Å². The zero-order chi connectivity index (χ0) is 14.3. The number of carbonyl (C=O) groups is 1. The minimum atomic E-state index is -0.309. The molecule has 0 heterocycles. The van der Waals surface area contributed by atoms with Crippen molar-refractivity contribution in [3.8, 4) is 0 Å². The molecule has 0 radical (unpaired) electrons. The highest BCUT2D eigenvalue weighted by Crippen LogP contribution is 2.13. The van der Waals surface area contributed by atoms with Crippen molar-refractivity contribution in [1.82, 2.24) is 4.90 Å². The second-order valence-electron chi connectivity index (χ2n) is 3.95. The van der Waals surface area contributed by atoms with Crippen LogP contribution in [0.1, 0.15) is 13.3 Å². The van der Waals surface area contributed by atoms with E-state index in [0.717, 1.165) is 6.42 Å². The Morgan fingerprint density at radius 2 is 2.11 bits per heavy atom. The van der Waals surface area contributed by atoms with Crippen LogP contribution in [0, 0.1) is 0 Å². The standard InChI is InChI=1S/C12H17ClN4O2/c1-2-7-17(8-11(14)16-19)12(18)15-10-5-3-9(13)4-6-10/h3-6,19H,2,7-8H2,1H3,(H2,14,16)(H,15,18). The van der Waals surface area contributed by atoms with Crippen molar-refractivity contribution in [2.24, 2.45) is 10.9 Å². The third-order valence-corrected chi connectivity index (χ3v) is 2.61.